The Morgan fingerprint density at radius 1 is 1.14 bits per heavy atom. The summed E-state index contributed by atoms with van der Waals surface area (Å²) in [5.74, 6) is -1.81. The standard InChI is InChI=1S/C20H26INO7/c1-10(23)14-16-12-8-5-9-13(29-21)15(12)17(22(16)18(14)24)19(25)28-20(26)27-11-6-3-2-4-7-11/h10-14,16,23H,2-9H2,1H3/t10-,12+,13+,14-,16-/m1/s1. The van der Waals surface area contributed by atoms with Crippen molar-refractivity contribution >= 4 is 41.0 Å². The molecule has 1 amide bonds. The fraction of sp³-hybridized carbons (Fsp3) is 0.750. The molecule has 0 radical (unpaired) electrons. The second-order valence-electron chi connectivity index (χ2n) is 8.40. The van der Waals surface area contributed by atoms with Crippen molar-refractivity contribution in [1.29, 1.82) is 0 Å². The number of halogens is 1. The van der Waals surface area contributed by atoms with Gasteiger partial charge in [0.15, 0.2) is 0 Å². The topological polar surface area (TPSA) is 102 Å². The Morgan fingerprint density at radius 2 is 1.86 bits per heavy atom. The molecule has 0 aromatic heterocycles. The molecule has 0 unspecified atom stereocenters. The zero-order valence-corrected chi connectivity index (χ0v) is 18.5. The van der Waals surface area contributed by atoms with Gasteiger partial charge in [-0.15, -0.1) is 0 Å². The molecule has 4 aliphatic rings. The molecule has 2 aliphatic heterocycles. The van der Waals surface area contributed by atoms with Crippen LogP contribution in [0, 0.1) is 11.8 Å². The summed E-state index contributed by atoms with van der Waals surface area (Å²) >= 11 is 1.81. The lowest BCUT2D eigenvalue weighted by atomic mass is 9.72. The summed E-state index contributed by atoms with van der Waals surface area (Å²) in [5.41, 5.74) is 0.812. The predicted octanol–water partition coefficient (Wildman–Crippen LogP) is 3.01. The van der Waals surface area contributed by atoms with Crippen LogP contribution < -0.4 is 0 Å². The van der Waals surface area contributed by atoms with Gasteiger partial charge < -0.3 is 22.5 Å². The molecule has 160 valence electrons. The molecule has 2 saturated carbocycles. The molecule has 0 aromatic rings. The third kappa shape index (κ3) is 3.69. The lowest BCUT2D eigenvalue weighted by Gasteiger charge is -2.47. The minimum Gasteiger partial charge on any atom is -0.431 e. The van der Waals surface area contributed by atoms with Gasteiger partial charge in [-0.2, -0.15) is 0 Å². The minimum absolute atomic E-state index is 0.0715. The lowest BCUT2D eigenvalue weighted by molar-refractivity contribution is -0.164. The SMILES string of the molecule is C[C@@H](O)[C@H]1C(=O)N2C(C(=O)OC(=O)OC3CCCCC3)=C3[C@@H](OI)CCC[C@@H]3[C@H]12. The lowest BCUT2D eigenvalue weighted by Crippen LogP contribution is -2.64. The zero-order valence-electron chi connectivity index (χ0n) is 16.3. The van der Waals surface area contributed by atoms with E-state index >= 15 is 0 Å². The number of ether oxygens (including phenoxy) is 2. The van der Waals surface area contributed by atoms with Gasteiger partial charge in [-0.25, -0.2) is 9.59 Å². The summed E-state index contributed by atoms with van der Waals surface area (Å²) in [7, 11) is 0. The number of carbonyl (C=O) groups excluding carboxylic acids is 3. The Hall–Kier alpha value is -1.20. The van der Waals surface area contributed by atoms with Crippen LogP contribution in [-0.4, -0.2) is 52.4 Å². The van der Waals surface area contributed by atoms with Crippen molar-refractivity contribution < 1.29 is 32.0 Å². The van der Waals surface area contributed by atoms with Gasteiger partial charge in [-0.05, 0) is 57.4 Å². The molecule has 4 rings (SSSR count). The molecule has 8 nitrogen and oxygen atoms in total. The highest BCUT2D eigenvalue weighted by Gasteiger charge is 2.62. The summed E-state index contributed by atoms with van der Waals surface area (Å²) < 4.78 is 15.9. The van der Waals surface area contributed by atoms with E-state index in [9.17, 15) is 19.5 Å². The number of esters is 1. The normalized spacial score (nSPS) is 32.9. The van der Waals surface area contributed by atoms with Gasteiger partial charge in [0.1, 0.15) is 34.8 Å². The van der Waals surface area contributed by atoms with E-state index in [1.165, 1.54) is 4.90 Å². The first-order valence-electron chi connectivity index (χ1n) is 10.4. The summed E-state index contributed by atoms with van der Waals surface area (Å²) in [6, 6.07) is -0.288. The Balaban J connectivity index is 1.55. The summed E-state index contributed by atoms with van der Waals surface area (Å²) in [4.78, 5) is 39.2. The van der Waals surface area contributed by atoms with Crippen molar-refractivity contribution in [3.8, 4) is 0 Å². The molecule has 2 heterocycles. The van der Waals surface area contributed by atoms with Crippen LogP contribution in [0.15, 0.2) is 11.3 Å². The summed E-state index contributed by atoms with van der Waals surface area (Å²) in [6.45, 7) is 1.59. The first-order chi connectivity index (χ1) is 13.9. The highest BCUT2D eigenvalue weighted by molar-refractivity contribution is 14.1. The Kier molecular flexibility index (Phi) is 6.17. The van der Waals surface area contributed by atoms with Gasteiger partial charge in [0.2, 0.25) is 5.91 Å². The minimum atomic E-state index is -1.02. The predicted molar refractivity (Wildman–Crippen MR) is 109 cm³/mol. The van der Waals surface area contributed by atoms with E-state index in [2.05, 4.69) is 0 Å². The first-order valence-corrected chi connectivity index (χ1v) is 11.3. The molecule has 2 aliphatic carbocycles. The first kappa shape index (κ1) is 21.0. The number of hydrogen-bond acceptors (Lipinski definition) is 7. The average Bonchev–Trinajstić information content (AvgIpc) is 2.99. The number of rotatable bonds is 4. The van der Waals surface area contributed by atoms with E-state index < -0.39 is 24.1 Å². The number of aliphatic hydroxyl groups excluding tert-OH is 1. The van der Waals surface area contributed by atoms with Crippen molar-refractivity contribution in [2.24, 2.45) is 11.8 Å². The number of amides is 1. The molecule has 0 aromatic carbocycles. The molecule has 1 N–H and O–H groups in total. The van der Waals surface area contributed by atoms with Crippen LogP contribution in [0.25, 0.3) is 0 Å². The maximum absolute atomic E-state index is 12.9. The molecule has 0 bridgehead atoms. The molecular weight excluding hydrogens is 493 g/mol. The third-order valence-corrected chi connectivity index (χ3v) is 7.27. The summed E-state index contributed by atoms with van der Waals surface area (Å²) in [5, 5.41) is 10.1. The van der Waals surface area contributed by atoms with Crippen LogP contribution in [-0.2, 0) is 22.1 Å². The molecule has 1 saturated heterocycles. The number of aliphatic hydroxyl groups is 1. The fourth-order valence-electron chi connectivity index (χ4n) is 5.38. The monoisotopic (exact) mass is 519 g/mol. The van der Waals surface area contributed by atoms with Gasteiger partial charge in [0.25, 0.3) is 0 Å². The van der Waals surface area contributed by atoms with Crippen molar-refractivity contribution in [3.63, 3.8) is 0 Å². The van der Waals surface area contributed by atoms with E-state index in [1.54, 1.807) is 29.9 Å². The van der Waals surface area contributed by atoms with E-state index in [0.717, 1.165) is 51.4 Å². The van der Waals surface area contributed by atoms with Crippen LogP contribution in [0.3, 0.4) is 0 Å². The van der Waals surface area contributed by atoms with E-state index in [-0.39, 0.29) is 35.8 Å². The van der Waals surface area contributed by atoms with Crippen molar-refractivity contribution in [2.45, 2.75) is 82.6 Å². The summed E-state index contributed by atoms with van der Waals surface area (Å²) in [6.07, 6.45) is 4.69. The number of β-lactam (4-membered cyclic amide) rings is 1. The van der Waals surface area contributed by atoms with Gasteiger partial charge in [0, 0.05) is 5.92 Å². The largest absolute Gasteiger partial charge is 0.516 e. The van der Waals surface area contributed by atoms with Gasteiger partial charge in [-0.1, -0.05) is 6.42 Å². The van der Waals surface area contributed by atoms with Crippen LogP contribution in [0.4, 0.5) is 4.79 Å². The second-order valence-corrected chi connectivity index (χ2v) is 8.91. The van der Waals surface area contributed by atoms with Gasteiger partial charge in [0.05, 0.1) is 24.2 Å². The van der Waals surface area contributed by atoms with Crippen LogP contribution in [0.1, 0.15) is 58.3 Å². The van der Waals surface area contributed by atoms with Crippen molar-refractivity contribution in [2.75, 3.05) is 0 Å². The number of nitrogens with zero attached hydrogens (tertiary/aromatic N) is 1. The van der Waals surface area contributed by atoms with Crippen molar-refractivity contribution in [1.82, 2.24) is 4.90 Å². The van der Waals surface area contributed by atoms with Crippen LogP contribution >= 0.6 is 23.0 Å². The van der Waals surface area contributed by atoms with Gasteiger partial charge in [-0.3, -0.25) is 4.79 Å². The van der Waals surface area contributed by atoms with E-state index in [4.69, 9.17) is 12.5 Å². The maximum Gasteiger partial charge on any atom is 0.516 e. The molecular formula is C20H26INO7. The van der Waals surface area contributed by atoms with E-state index in [1.807, 2.05) is 0 Å². The molecule has 0 spiro atoms. The molecule has 29 heavy (non-hydrogen) atoms. The molecule has 9 heteroatoms. The second kappa shape index (κ2) is 8.50. The third-order valence-electron chi connectivity index (χ3n) is 6.65. The van der Waals surface area contributed by atoms with Crippen LogP contribution in [0.2, 0.25) is 0 Å². The Bertz CT molecular complexity index is 730. The van der Waals surface area contributed by atoms with Crippen molar-refractivity contribution in [3.05, 3.63) is 11.3 Å². The highest BCUT2D eigenvalue weighted by Crippen LogP contribution is 2.53. The smallest absolute Gasteiger partial charge is 0.431 e. The fourth-order valence-corrected chi connectivity index (χ4v) is 5.91. The highest BCUT2D eigenvalue weighted by atomic mass is 127. The maximum atomic E-state index is 12.9. The average molecular weight is 519 g/mol. The Morgan fingerprint density at radius 3 is 2.52 bits per heavy atom. The quantitative estimate of drug-likeness (QED) is 0.264. The van der Waals surface area contributed by atoms with Crippen LogP contribution in [0.5, 0.6) is 0 Å². The van der Waals surface area contributed by atoms with E-state index in [0.29, 0.717) is 5.57 Å². The zero-order chi connectivity index (χ0) is 20.7. The number of carbonyl (C=O) groups is 3. The number of fused-ring (bicyclic) bond motifs is 3. The molecule has 3 fully saturated rings. The molecule has 5 atom stereocenters. The number of hydrogen-bond donors (Lipinski definition) is 1. The van der Waals surface area contributed by atoms with Gasteiger partial charge >= 0.3 is 12.1 Å². The Labute approximate surface area is 183 Å².